The first-order valence-electron chi connectivity index (χ1n) is 8.72. The molecule has 2 aromatic carbocycles. The summed E-state index contributed by atoms with van der Waals surface area (Å²) in [5.41, 5.74) is 1.47. The average molecular weight is 434 g/mol. The standard InChI is InChI=1S/C20H14ClF2N3O2S/c21-13-9-10(1-4-14(13)22)25-18(27)12-2-5-15(23)17-11(12)3-6-16(17)26-19(28)20-24-7-8-29-20/h1-2,4-5,7-9,16H,3,6H2,(H,25,27)(H,26,28). The molecule has 148 valence electrons. The average Bonchev–Trinajstić information content (AvgIpc) is 3.36. The number of aromatic nitrogens is 1. The molecule has 1 heterocycles. The Hall–Kier alpha value is -2.84. The lowest BCUT2D eigenvalue weighted by atomic mass is 10.0. The van der Waals surface area contributed by atoms with Crippen LogP contribution in [0.1, 0.15) is 43.7 Å². The smallest absolute Gasteiger partial charge is 0.280 e. The zero-order valence-electron chi connectivity index (χ0n) is 14.8. The van der Waals surface area contributed by atoms with Gasteiger partial charge < -0.3 is 10.6 Å². The highest BCUT2D eigenvalue weighted by molar-refractivity contribution is 7.11. The molecule has 4 rings (SSSR count). The van der Waals surface area contributed by atoms with Crippen molar-refractivity contribution in [2.45, 2.75) is 18.9 Å². The number of halogens is 3. The molecule has 9 heteroatoms. The van der Waals surface area contributed by atoms with E-state index in [2.05, 4.69) is 15.6 Å². The van der Waals surface area contributed by atoms with E-state index in [4.69, 9.17) is 11.6 Å². The van der Waals surface area contributed by atoms with Crippen LogP contribution in [0.2, 0.25) is 5.02 Å². The Bertz CT molecular complexity index is 1110. The second kappa shape index (κ2) is 7.88. The molecule has 0 bridgehead atoms. The zero-order chi connectivity index (χ0) is 20.5. The maximum absolute atomic E-state index is 14.5. The van der Waals surface area contributed by atoms with E-state index in [0.717, 1.165) is 6.07 Å². The SMILES string of the molecule is O=C(NC1CCc2c(C(=O)Nc3ccc(F)c(Cl)c3)ccc(F)c21)c1nccs1. The first-order chi connectivity index (χ1) is 13.9. The van der Waals surface area contributed by atoms with Crippen LogP contribution in [0.25, 0.3) is 0 Å². The molecule has 0 saturated carbocycles. The van der Waals surface area contributed by atoms with E-state index in [0.29, 0.717) is 40.2 Å². The summed E-state index contributed by atoms with van der Waals surface area (Å²) in [6.45, 7) is 0. The normalized spacial score (nSPS) is 15.1. The topological polar surface area (TPSA) is 71.1 Å². The third kappa shape index (κ3) is 3.86. The van der Waals surface area contributed by atoms with E-state index >= 15 is 0 Å². The highest BCUT2D eigenvalue weighted by Gasteiger charge is 2.31. The molecular weight excluding hydrogens is 420 g/mol. The van der Waals surface area contributed by atoms with Gasteiger partial charge in [-0.1, -0.05) is 11.6 Å². The first kappa shape index (κ1) is 19.5. The van der Waals surface area contributed by atoms with Crippen molar-refractivity contribution in [3.8, 4) is 0 Å². The summed E-state index contributed by atoms with van der Waals surface area (Å²) < 4.78 is 27.9. The van der Waals surface area contributed by atoms with E-state index in [-0.39, 0.29) is 10.9 Å². The Labute approximate surface area is 173 Å². The van der Waals surface area contributed by atoms with Crippen LogP contribution in [0, 0.1) is 11.6 Å². The molecule has 1 atom stereocenters. The summed E-state index contributed by atoms with van der Waals surface area (Å²) in [6.07, 6.45) is 2.42. The lowest BCUT2D eigenvalue weighted by Crippen LogP contribution is -2.27. The minimum absolute atomic E-state index is 0.114. The molecule has 0 fully saturated rings. The van der Waals surface area contributed by atoms with Crippen molar-refractivity contribution in [3.05, 3.63) is 80.3 Å². The number of hydrogen-bond donors (Lipinski definition) is 2. The fourth-order valence-corrected chi connectivity index (χ4v) is 4.12. The summed E-state index contributed by atoms with van der Waals surface area (Å²) in [4.78, 5) is 29.0. The van der Waals surface area contributed by atoms with Gasteiger partial charge in [-0.05, 0) is 48.7 Å². The molecule has 1 aliphatic rings. The summed E-state index contributed by atoms with van der Waals surface area (Å²) in [5, 5.41) is 7.29. The Morgan fingerprint density at radius 3 is 2.66 bits per heavy atom. The second-order valence-corrected chi connectivity index (χ2v) is 7.77. The summed E-state index contributed by atoms with van der Waals surface area (Å²) >= 11 is 6.94. The van der Waals surface area contributed by atoms with Gasteiger partial charge in [0.05, 0.1) is 11.1 Å². The Morgan fingerprint density at radius 2 is 1.93 bits per heavy atom. The summed E-state index contributed by atoms with van der Waals surface area (Å²) in [5.74, 6) is -1.92. The van der Waals surface area contributed by atoms with Gasteiger partial charge in [0.25, 0.3) is 11.8 Å². The Kier molecular flexibility index (Phi) is 5.29. The quantitative estimate of drug-likeness (QED) is 0.624. The number of benzene rings is 2. The maximum atomic E-state index is 14.5. The third-order valence-corrected chi connectivity index (χ3v) is 5.75. The number of hydrogen-bond acceptors (Lipinski definition) is 4. The molecule has 0 saturated heterocycles. The van der Waals surface area contributed by atoms with Crippen molar-refractivity contribution in [1.29, 1.82) is 0 Å². The van der Waals surface area contributed by atoms with Gasteiger partial charge >= 0.3 is 0 Å². The van der Waals surface area contributed by atoms with E-state index in [1.807, 2.05) is 0 Å². The molecule has 1 aliphatic carbocycles. The lowest BCUT2D eigenvalue weighted by molar-refractivity contribution is 0.0935. The molecule has 1 aromatic heterocycles. The van der Waals surface area contributed by atoms with Crippen LogP contribution in [0.15, 0.2) is 41.9 Å². The number of rotatable bonds is 4. The van der Waals surface area contributed by atoms with Crippen molar-refractivity contribution >= 4 is 40.4 Å². The lowest BCUT2D eigenvalue weighted by Gasteiger charge is -2.15. The molecule has 0 spiro atoms. The van der Waals surface area contributed by atoms with Crippen LogP contribution in [0.4, 0.5) is 14.5 Å². The molecule has 2 amide bonds. The van der Waals surface area contributed by atoms with E-state index in [1.165, 1.54) is 41.8 Å². The number of fused-ring (bicyclic) bond motifs is 1. The maximum Gasteiger partial charge on any atom is 0.280 e. The molecular formula is C20H14ClF2N3O2S. The van der Waals surface area contributed by atoms with Gasteiger partial charge in [-0.25, -0.2) is 13.8 Å². The largest absolute Gasteiger partial charge is 0.343 e. The van der Waals surface area contributed by atoms with E-state index in [1.54, 1.807) is 5.38 Å². The van der Waals surface area contributed by atoms with Crippen LogP contribution in [0.5, 0.6) is 0 Å². The Balaban J connectivity index is 1.59. The molecule has 1 unspecified atom stereocenters. The number of thiazole rings is 1. The fourth-order valence-electron chi connectivity index (χ4n) is 3.40. The van der Waals surface area contributed by atoms with E-state index < -0.39 is 23.6 Å². The van der Waals surface area contributed by atoms with Crippen LogP contribution < -0.4 is 10.6 Å². The van der Waals surface area contributed by atoms with Gasteiger partial charge in [0.1, 0.15) is 11.6 Å². The van der Waals surface area contributed by atoms with Crippen molar-refractivity contribution in [2.24, 2.45) is 0 Å². The van der Waals surface area contributed by atoms with Gasteiger partial charge in [-0.2, -0.15) is 0 Å². The second-order valence-electron chi connectivity index (χ2n) is 6.47. The molecule has 5 nitrogen and oxygen atoms in total. The van der Waals surface area contributed by atoms with Gasteiger partial charge in [0, 0.05) is 28.4 Å². The van der Waals surface area contributed by atoms with Crippen LogP contribution in [0.3, 0.4) is 0 Å². The summed E-state index contributed by atoms with van der Waals surface area (Å²) in [7, 11) is 0. The van der Waals surface area contributed by atoms with E-state index in [9.17, 15) is 18.4 Å². The van der Waals surface area contributed by atoms with Gasteiger partial charge in [0.15, 0.2) is 5.01 Å². The van der Waals surface area contributed by atoms with Crippen molar-refractivity contribution in [2.75, 3.05) is 5.32 Å². The predicted octanol–water partition coefficient (Wildman–Crippen LogP) is 4.74. The number of nitrogens with zero attached hydrogens (tertiary/aromatic N) is 1. The van der Waals surface area contributed by atoms with Crippen molar-refractivity contribution < 1.29 is 18.4 Å². The Morgan fingerprint density at radius 1 is 1.14 bits per heavy atom. The molecule has 0 aliphatic heterocycles. The number of carbonyl (C=O) groups is 2. The van der Waals surface area contributed by atoms with Crippen molar-refractivity contribution in [1.82, 2.24) is 10.3 Å². The first-order valence-corrected chi connectivity index (χ1v) is 9.98. The number of amides is 2. The molecule has 0 radical (unpaired) electrons. The number of anilines is 1. The number of carbonyl (C=O) groups excluding carboxylic acids is 2. The highest BCUT2D eigenvalue weighted by Crippen LogP contribution is 2.36. The minimum Gasteiger partial charge on any atom is -0.343 e. The van der Waals surface area contributed by atoms with Crippen LogP contribution in [-0.4, -0.2) is 16.8 Å². The van der Waals surface area contributed by atoms with Gasteiger partial charge in [-0.15, -0.1) is 11.3 Å². The zero-order valence-corrected chi connectivity index (χ0v) is 16.4. The van der Waals surface area contributed by atoms with Gasteiger partial charge in [-0.3, -0.25) is 9.59 Å². The fraction of sp³-hybridized carbons (Fsp3) is 0.150. The van der Waals surface area contributed by atoms with Crippen LogP contribution >= 0.6 is 22.9 Å². The minimum atomic E-state index is -0.592. The molecule has 3 aromatic rings. The summed E-state index contributed by atoms with van der Waals surface area (Å²) in [6, 6.07) is 5.90. The predicted molar refractivity (Wildman–Crippen MR) is 106 cm³/mol. The highest BCUT2D eigenvalue weighted by atomic mass is 35.5. The third-order valence-electron chi connectivity index (χ3n) is 4.69. The molecule has 2 N–H and O–H groups in total. The number of nitrogens with one attached hydrogen (secondary N) is 2. The van der Waals surface area contributed by atoms with Crippen LogP contribution in [-0.2, 0) is 6.42 Å². The molecule has 29 heavy (non-hydrogen) atoms. The van der Waals surface area contributed by atoms with Crippen molar-refractivity contribution in [3.63, 3.8) is 0 Å². The van der Waals surface area contributed by atoms with Gasteiger partial charge in [0.2, 0.25) is 0 Å². The monoisotopic (exact) mass is 433 g/mol.